The summed E-state index contributed by atoms with van der Waals surface area (Å²) >= 11 is 0. The molecule has 1 aliphatic rings. The van der Waals surface area contributed by atoms with Crippen LogP contribution in [0.4, 0.5) is 0 Å². The van der Waals surface area contributed by atoms with Gasteiger partial charge in [0.25, 0.3) is 5.95 Å². The normalized spacial score (nSPS) is 18.6. The lowest BCUT2D eigenvalue weighted by molar-refractivity contribution is 0.102. The van der Waals surface area contributed by atoms with Gasteiger partial charge in [0.15, 0.2) is 6.10 Å². The molecule has 0 saturated carbocycles. The molecule has 0 radical (unpaired) electrons. The first-order chi connectivity index (χ1) is 10.8. The van der Waals surface area contributed by atoms with Crippen LogP contribution in [-0.2, 0) is 9.47 Å². The van der Waals surface area contributed by atoms with Crippen molar-refractivity contribution >= 4 is 0 Å². The van der Waals surface area contributed by atoms with Crippen molar-refractivity contribution in [1.82, 2.24) is 0 Å². The van der Waals surface area contributed by atoms with Crippen LogP contribution in [0.15, 0.2) is 66.6 Å². The van der Waals surface area contributed by atoms with Crippen molar-refractivity contribution in [2.45, 2.75) is 13.0 Å². The first kappa shape index (κ1) is 14.3. The Hall–Kier alpha value is -2.62. The number of hydrogen-bond acceptors (Lipinski definition) is 4. The van der Waals surface area contributed by atoms with E-state index in [1.807, 2.05) is 61.5 Å². The molecule has 0 bridgehead atoms. The highest BCUT2D eigenvalue weighted by molar-refractivity contribution is 5.35. The van der Waals surface area contributed by atoms with Crippen molar-refractivity contribution in [3.8, 4) is 17.2 Å². The molecule has 1 saturated heterocycles. The molecule has 0 N–H and O–H groups in total. The Morgan fingerprint density at radius 2 is 1.68 bits per heavy atom. The molecule has 0 spiro atoms. The second-order valence-electron chi connectivity index (χ2n) is 4.86. The summed E-state index contributed by atoms with van der Waals surface area (Å²) in [6, 6.07) is 17.2. The van der Waals surface area contributed by atoms with E-state index in [9.17, 15) is 0 Å². The summed E-state index contributed by atoms with van der Waals surface area (Å²) in [5.41, 5.74) is 0. The van der Waals surface area contributed by atoms with Gasteiger partial charge in [-0.1, -0.05) is 18.2 Å². The number of allylic oxidation sites excluding steroid dienone is 1. The summed E-state index contributed by atoms with van der Waals surface area (Å²) in [6.07, 6.45) is 1.74. The first-order valence-electron chi connectivity index (χ1n) is 7.25. The zero-order valence-electron chi connectivity index (χ0n) is 12.4. The molecule has 1 aliphatic heterocycles. The highest BCUT2D eigenvalue weighted by atomic mass is 16.7. The SMILES string of the molecule is CC=C1OC[C@H](COc2ccc(Oc3ccccc3)cc2)O1. The monoisotopic (exact) mass is 298 g/mol. The topological polar surface area (TPSA) is 36.9 Å². The molecule has 4 nitrogen and oxygen atoms in total. The predicted molar refractivity (Wildman–Crippen MR) is 83.0 cm³/mol. The highest BCUT2D eigenvalue weighted by Crippen LogP contribution is 2.24. The smallest absolute Gasteiger partial charge is 0.275 e. The Bertz CT molecular complexity index is 619. The summed E-state index contributed by atoms with van der Waals surface area (Å²) in [5, 5.41) is 0. The van der Waals surface area contributed by atoms with Crippen molar-refractivity contribution in [3.63, 3.8) is 0 Å². The van der Waals surface area contributed by atoms with Gasteiger partial charge >= 0.3 is 0 Å². The molecule has 1 atom stereocenters. The molecule has 2 aromatic rings. The summed E-state index contributed by atoms with van der Waals surface area (Å²) in [6.45, 7) is 2.86. The van der Waals surface area contributed by atoms with Gasteiger partial charge < -0.3 is 18.9 Å². The maximum Gasteiger partial charge on any atom is 0.275 e. The Morgan fingerprint density at radius 1 is 1.00 bits per heavy atom. The lowest BCUT2D eigenvalue weighted by Gasteiger charge is -2.11. The summed E-state index contributed by atoms with van der Waals surface area (Å²) < 4.78 is 22.3. The van der Waals surface area contributed by atoms with Gasteiger partial charge in [0, 0.05) is 0 Å². The van der Waals surface area contributed by atoms with E-state index in [1.165, 1.54) is 0 Å². The molecule has 4 heteroatoms. The average molecular weight is 298 g/mol. The molecule has 1 heterocycles. The fourth-order valence-corrected chi connectivity index (χ4v) is 2.06. The molecule has 0 aliphatic carbocycles. The quantitative estimate of drug-likeness (QED) is 0.831. The molecule has 114 valence electrons. The fourth-order valence-electron chi connectivity index (χ4n) is 2.06. The first-order valence-corrected chi connectivity index (χ1v) is 7.25. The molecular weight excluding hydrogens is 280 g/mol. The fraction of sp³-hybridized carbons (Fsp3) is 0.222. The molecular formula is C18H18O4. The Balaban J connectivity index is 1.51. The lowest BCUT2D eigenvalue weighted by atomic mass is 10.3. The Kier molecular flexibility index (Phi) is 4.49. The Morgan fingerprint density at radius 3 is 2.36 bits per heavy atom. The van der Waals surface area contributed by atoms with Gasteiger partial charge in [0.05, 0.1) is 0 Å². The largest absolute Gasteiger partial charge is 0.490 e. The van der Waals surface area contributed by atoms with Gasteiger partial charge in [-0.2, -0.15) is 0 Å². The van der Waals surface area contributed by atoms with Gasteiger partial charge in [-0.15, -0.1) is 0 Å². The second kappa shape index (κ2) is 6.89. The van der Waals surface area contributed by atoms with E-state index in [0.717, 1.165) is 17.2 Å². The summed E-state index contributed by atoms with van der Waals surface area (Å²) in [4.78, 5) is 0. The number of benzene rings is 2. The minimum absolute atomic E-state index is 0.0635. The van der Waals surface area contributed by atoms with Crippen LogP contribution in [0.25, 0.3) is 0 Å². The number of hydrogen-bond donors (Lipinski definition) is 0. The highest BCUT2D eigenvalue weighted by Gasteiger charge is 2.21. The molecule has 3 rings (SSSR count). The lowest BCUT2D eigenvalue weighted by Crippen LogP contribution is -2.19. The number of para-hydroxylation sites is 1. The van der Waals surface area contributed by atoms with E-state index < -0.39 is 0 Å². The third-order valence-electron chi connectivity index (χ3n) is 3.17. The molecule has 1 fully saturated rings. The standard InChI is InChI=1S/C18H18O4/c1-2-18-20-13-17(22-18)12-19-14-8-10-16(11-9-14)21-15-6-4-3-5-7-15/h2-11,17H,12-13H2,1H3/t17-/m0/s1. The van der Waals surface area contributed by atoms with Crippen molar-refractivity contribution in [1.29, 1.82) is 0 Å². The van der Waals surface area contributed by atoms with Crippen LogP contribution in [0.2, 0.25) is 0 Å². The van der Waals surface area contributed by atoms with E-state index in [-0.39, 0.29) is 6.10 Å². The molecule has 2 aromatic carbocycles. The number of ether oxygens (including phenoxy) is 4. The minimum Gasteiger partial charge on any atom is -0.490 e. The van der Waals surface area contributed by atoms with E-state index in [2.05, 4.69) is 0 Å². The van der Waals surface area contributed by atoms with E-state index >= 15 is 0 Å². The van der Waals surface area contributed by atoms with E-state index in [0.29, 0.717) is 19.2 Å². The third-order valence-corrected chi connectivity index (χ3v) is 3.17. The van der Waals surface area contributed by atoms with E-state index in [1.54, 1.807) is 6.08 Å². The van der Waals surface area contributed by atoms with Crippen LogP contribution < -0.4 is 9.47 Å². The van der Waals surface area contributed by atoms with Crippen molar-refractivity contribution in [2.75, 3.05) is 13.2 Å². The maximum absolute atomic E-state index is 5.73. The van der Waals surface area contributed by atoms with Crippen molar-refractivity contribution < 1.29 is 18.9 Å². The minimum atomic E-state index is -0.0635. The molecule has 0 amide bonds. The summed E-state index contributed by atoms with van der Waals surface area (Å²) in [5.74, 6) is 2.93. The van der Waals surface area contributed by atoms with Crippen LogP contribution in [0.1, 0.15) is 6.92 Å². The van der Waals surface area contributed by atoms with Crippen LogP contribution in [0.5, 0.6) is 17.2 Å². The van der Waals surface area contributed by atoms with Gasteiger partial charge in [0.1, 0.15) is 30.5 Å². The van der Waals surface area contributed by atoms with Crippen molar-refractivity contribution in [3.05, 3.63) is 66.6 Å². The van der Waals surface area contributed by atoms with Crippen LogP contribution >= 0.6 is 0 Å². The molecule has 22 heavy (non-hydrogen) atoms. The molecule has 0 unspecified atom stereocenters. The predicted octanol–water partition coefficient (Wildman–Crippen LogP) is 4.13. The molecule has 0 aromatic heterocycles. The van der Waals surface area contributed by atoms with E-state index in [4.69, 9.17) is 18.9 Å². The van der Waals surface area contributed by atoms with Crippen molar-refractivity contribution in [2.24, 2.45) is 0 Å². The zero-order chi connectivity index (χ0) is 15.2. The van der Waals surface area contributed by atoms with Gasteiger partial charge in [0.2, 0.25) is 0 Å². The van der Waals surface area contributed by atoms with Gasteiger partial charge in [-0.3, -0.25) is 0 Å². The third kappa shape index (κ3) is 3.73. The average Bonchev–Trinajstić information content (AvgIpc) is 3.03. The zero-order valence-corrected chi connectivity index (χ0v) is 12.4. The maximum atomic E-state index is 5.73. The van der Waals surface area contributed by atoms with Crippen LogP contribution in [-0.4, -0.2) is 19.3 Å². The second-order valence-corrected chi connectivity index (χ2v) is 4.86. The van der Waals surface area contributed by atoms with Gasteiger partial charge in [-0.25, -0.2) is 0 Å². The summed E-state index contributed by atoms with van der Waals surface area (Å²) in [7, 11) is 0. The van der Waals surface area contributed by atoms with Crippen LogP contribution in [0, 0.1) is 0 Å². The number of rotatable bonds is 5. The van der Waals surface area contributed by atoms with Gasteiger partial charge in [-0.05, 0) is 49.4 Å². The van der Waals surface area contributed by atoms with Crippen LogP contribution in [0.3, 0.4) is 0 Å². The Labute approximate surface area is 129 Å².